The molecule has 0 fully saturated rings. The first-order valence-corrected chi connectivity index (χ1v) is 7.44. The summed E-state index contributed by atoms with van der Waals surface area (Å²) in [6.07, 6.45) is 1.79. The van der Waals surface area contributed by atoms with Crippen LogP contribution < -0.4 is 10.5 Å². The Labute approximate surface area is 125 Å². The van der Waals surface area contributed by atoms with Crippen LogP contribution >= 0.6 is 27.7 Å². The molecule has 2 N–H and O–H groups in total. The van der Waals surface area contributed by atoms with Gasteiger partial charge in [0.25, 0.3) is 0 Å². The summed E-state index contributed by atoms with van der Waals surface area (Å²) in [6.45, 7) is 1.96. The molecule has 0 radical (unpaired) electrons. The van der Waals surface area contributed by atoms with Crippen LogP contribution in [-0.4, -0.2) is 12.1 Å². The maximum atomic E-state index is 6.05. The van der Waals surface area contributed by atoms with Crippen molar-refractivity contribution in [1.82, 2.24) is 4.98 Å². The molecule has 0 amide bonds. The molecule has 1 atom stereocenters. The zero-order chi connectivity index (χ0) is 13.8. The fourth-order valence-corrected chi connectivity index (χ4v) is 3.02. The van der Waals surface area contributed by atoms with E-state index < -0.39 is 0 Å². The van der Waals surface area contributed by atoms with Crippen molar-refractivity contribution in [3.63, 3.8) is 0 Å². The van der Waals surface area contributed by atoms with E-state index in [0.717, 1.165) is 25.7 Å². The molecule has 2 aromatic rings. The number of aromatic nitrogens is 1. The predicted molar refractivity (Wildman–Crippen MR) is 81.7 cm³/mol. The minimum Gasteiger partial charge on any atom is -0.496 e. The van der Waals surface area contributed by atoms with Gasteiger partial charge in [-0.3, -0.25) is 0 Å². The molecule has 1 unspecified atom stereocenters. The fourth-order valence-electron chi connectivity index (χ4n) is 1.77. The van der Waals surface area contributed by atoms with E-state index in [1.54, 1.807) is 25.1 Å². The number of methoxy groups -OCH3 is 1. The largest absolute Gasteiger partial charge is 0.496 e. The van der Waals surface area contributed by atoms with Crippen LogP contribution in [0.25, 0.3) is 0 Å². The van der Waals surface area contributed by atoms with Gasteiger partial charge in [0.1, 0.15) is 10.8 Å². The number of halogens is 1. The smallest absolute Gasteiger partial charge is 0.124 e. The molecule has 1 heterocycles. The number of hydrogen-bond donors (Lipinski definition) is 1. The SMILES string of the molecule is COc1cccc(Sc2ccc(Br)cn2)c1C(C)N. The zero-order valence-electron chi connectivity index (χ0n) is 10.8. The van der Waals surface area contributed by atoms with Gasteiger partial charge in [0.2, 0.25) is 0 Å². The van der Waals surface area contributed by atoms with Crippen molar-refractivity contribution in [2.75, 3.05) is 7.11 Å². The third-order valence-corrected chi connectivity index (χ3v) is 4.11. The number of nitrogens with two attached hydrogens (primary N) is 1. The average molecular weight is 339 g/mol. The standard InChI is InChI=1S/C14H15BrN2OS/c1-9(16)14-11(18-2)4-3-5-12(14)19-13-7-6-10(15)8-17-13/h3-9H,16H2,1-2H3. The lowest BCUT2D eigenvalue weighted by Gasteiger charge is -2.16. The van der Waals surface area contributed by atoms with Crippen molar-refractivity contribution in [2.24, 2.45) is 5.73 Å². The summed E-state index contributed by atoms with van der Waals surface area (Å²) >= 11 is 4.97. The molecule has 1 aromatic heterocycles. The number of hydrogen-bond acceptors (Lipinski definition) is 4. The summed E-state index contributed by atoms with van der Waals surface area (Å²) in [5.74, 6) is 0.817. The summed E-state index contributed by atoms with van der Waals surface area (Å²) < 4.78 is 6.35. The Morgan fingerprint density at radius 2 is 2.11 bits per heavy atom. The summed E-state index contributed by atoms with van der Waals surface area (Å²) in [4.78, 5) is 5.44. The van der Waals surface area contributed by atoms with Crippen molar-refractivity contribution in [3.05, 3.63) is 46.6 Å². The van der Waals surface area contributed by atoms with Gasteiger partial charge in [-0.1, -0.05) is 17.8 Å². The minimum absolute atomic E-state index is 0.0888. The first kappa shape index (κ1) is 14.4. The molecule has 1 aromatic carbocycles. The molecule has 0 aliphatic carbocycles. The van der Waals surface area contributed by atoms with E-state index in [9.17, 15) is 0 Å². The molecule has 3 nitrogen and oxygen atoms in total. The highest BCUT2D eigenvalue weighted by atomic mass is 79.9. The molecule has 0 spiro atoms. The van der Waals surface area contributed by atoms with Crippen molar-refractivity contribution < 1.29 is 4.74 Å². The number of rotatable bonds is 4. The molecule has 2 rings (SSSR count). The van der Waals surface area contributed by atoms with Crippen molar-refractivity contribution in [2.45, 2.75) is 22.9 Å². The van der Waals surface area contributed by atoms with Gasteiger partial charge in [-0.15, -0.1) is 0 Å². The van der Waals surface area contributed by atoms with Crippen molar-refractivity contribution >= 4 is 27.7 Å². The molecule has 19 heavy (non-hydrogen) atoms. The Morgan fingerprint density at radius 3 is 2.68 bits per heavy atom. The molecule has 5 heteroatoms. The lowest BCUT2D eigenvalue weighted by Crippen LogP contribution is -2.08. The van der Waals surface area contributed by atoms with Crippen LogP contribution in [0.1, 0.15) is 18.5 Å². The summed E-state index contributed by atoms with van der Waals surface area (Å²) in [5, 5.41) is 0.929. The Kier molecular flexibility index (Phi) is 4.85. The highest BCUT2D eigenvalue weighted by molar-refractivity contribution is 9.10. The highest BCUT2D eigenvalue weighted by Gasteiger charge is 2.14. The minimum atomic E-state index is -0.0888. The summed E-state index contributed by atoms with van der Waals surface area (Å²) in [5.41, 5.74) is 7.06. The maximum Gasteiger partial charge on any atom is 0.124 e. The van der Waals surface area contributed by atoms with Crippen LogP contribution in [0.4, 0.5) is 0 Å². The highest BCUT2D eigenvalue weighted by Crippen LogP contribution is 2.37. The number of pyridine rings is 1. The quantitative estimate of drug-likeness (QED) is 0.914. The molecular formula is C14H15BrN2OS. The van der Waals surface area contributed by atoms with Crippen LogP contribution in [0.5, 0.6) is 5.75 Å². The van der Waals surface area contributed by atoms with Crippen LogP contribution in [0, 0.1) is 0 Å². The molecule has 0 aliphatic heterocycles. The van der Waals surface area contributed by atoms with E-state index in [1.807, 2.05) is 37.3 Å². The topological polar surface area (TPSA) is 48.1 Å². The van der Waals surface area contributed by atoms with Crippen LogP contribution in [0.15, 0.2) is 50.9 Å². The molecule has 0 bridgehead atoms. The normalized spacial score (nSPS) is 12.2. The van der Waals surface area contributed by atoms with Crippen LogP contribution in [0.2, 0.25) is 0 Å². The second-order valence-electron chi connectivity index (χ2n) is 4.08. The van der Waals surface area contributed by atoms with Gasteiger partial charge in [0, 0.05) is 27.2 Å². The second-order valence-corrected chi connectivity index (χ2v) is 6.06. The number of ether oxygens (including phenoxy) is 1. The number of nitrogens with zero attached hydrogens (tertiary/aromatic N) is 1. The zero-order valence-corrected chi connectivity index (χ0v) is 13.2. The van der Waals surface area contributed by atoms with Gasteiger partial charge < -0.3 is 10.5 Å². The first-order valence-electron chi connectivity index (χ1n) is 5.83. The maximum absolute atomic E-state index is 6.05. The molecular weight excluding hydrogens is 324 g/mol. The van der Waals surface area contributed by atoms with E-state index >= 15 is 0 Å². The van der Waals surface area contributed by atoms with E-state index in [0.29, 0.717) is 0 Å². The third-order valence-electron chi connectivity index (χ3n) is 2.62. The first-order chi connectivity index (χ1) is 9.11. The summed E-state index contributed by atoms with van der Waals surface area (Å²) in [7, 11) is 1.66. The van der Waals surface area contributed by atoms with Crippen molar-refractivity contribution in [1.29, 1.82) is 0 Å². The van der Waals surface area contributed by atoms with Gasteiger partial charge in [-0.2, -0.15) is 0 Å². The molecule has 100 valence electrons. The lowest BCUT2D eigenvalue weighted by atomic mass is 10.1. The Bertz CT molecular complexity index is 558. The second kappa shape index (κ2) is 6.41. The Morgan fingerprint density at radius 1 is 1.32 bits per heavy atom. The molecule has 0 saturated carbocycles. The average Bonchev–Trinajstić information content (AvgIpc) is 2.40. The lowest BCUT2D eigenvalue weighted by molar-refractivity contribution is 0.405. The molecule has 0 saturated heterocycles. The van der Waals surface area contributed by atoms with Gasteiger partial charge in [-0.05, 0) is 47.1 Å². The molecule has 0 aliphatic rings. The van der Waals surface area contributed by atoms with Crippen LogP contribution in [0.3, 0.4) is 0 Å². The Balaban J connectivity index is 2.36. The van der Waals surface area contributed by atoms with Crippen LogP contribution in [-0.2, 0) is 0 Å². The monoisotopic (exact) mass is 338 g/mol. The van der Waals surface area contributed by atoms with Gasteiger partial charge in [0.15, 0.2) is 0 Å². The van der Waals surface area contributed by atoms with E-state index in [2.05, 4.69) is 20.9 Å². The number of benzene rings is 1. The van der Waals surface area contributed by atoms with E-state index in [1.165, 1.54) is 0 Å². The van der Waals surface area contributed by atoms with Gasteiger partial charge in [-0.25, -0.2) is 4.98 Å². The summed E-state index contributed by atoms with van der Waals surface area (Å²) in [6, 6.07) is 9.79. The van der Waals surface area contributed by atoms with Crippen molar-refractivity contribution in [3.8, 4) is 5.75 Å². The fraction of sp³-hybridized carbons (Fsp3) is 0.214. The predicted octanol–water partition coefficient (Wildman–Crippen LogP) is 4.02. The third kappa shape index (κ3) is 3.49. The van der Waals surface area contributed by atoms with Gasteiger partial charge >= 0.3 is 0 Å². The van der Waals surface area contributed by atoms with Gasteiger partial charge in [0.05, 0.1) is 7.11 Å². The van der Waals surface area contributed by atoms with E-state index in [-0.39, 0.29) is 6.04 Å². The Hall–Kier alpha value is -1.04. The van der Waals surface area contributed by atoms with E-state index in [4.69, 9.17) is 10.5 Å².